The van der Waals surface area contributed by atoms with Gasteiger partial charge in [0.15, 0.2) is 0 Å². The van der Waals surface area contributed by atoms with Gasteiger partial charge in [-0.2, -0.15) is 8.42 Å². The minimum absolute atomic E-state index is 0.0187. The average Bonchev–Trinajstić information content (AvgIpc) is 2.82. The summed E-state index contributed by atoms with van der Waals surface area (Å²) in [5.41, 5.74) is 4.14. The molecule has 186 valence electrons. The molecule has 0 N–H and O–H groups in total. The average molecular weight is 500 g/mol. The fourth-order valence-electron chi connectivity index (χ4n) is 3.74. The lowest BCUT2D eigenvalue weighted by Gasteiger charge is -2.26. The zero-order chi connectivity index (χ0) is 25.4. The van der Waals surface area contributed by atoms with Gasteiger partial charge in [-0.3, -0.25) is 8.98 Å². The molecule has 35 heavy (non-hydrogen) atoms. The van der Waals surface area contributed by atoms with Crippen molar-refractivity contribution in [2.45, 2.75) is 33.2 Å². The van der Waals surface area contributed by atoms with Gasteiger partial charge in [0.25, 0.3) is 10.1 Å². The molecule has 8 heteroatoms. The summed E-state index contributed by atoms with van der Waals surface area (Å²) in [6.45, 7) is 3.52. The van der Waals surface area contributed by atoms with Crippen LogP contribution < -0.4 is 9.64 Å². The van der Waals surface area contributed by atoms with Gasteiger partial charge < -0.3 is 9.64 Å². The Bertz CT molecular complexity index is 1260. The highest BCUT2D eigenvalue weighted by Gasteiger charge is 2.20. The Balaban J connectivity index is 1.92. The third kappa shape index (κ3) is 7.90. The number of halogens is 1. The van der Waals surface area contributed by atoms with E-state index in [1.54, 1.807) is 12.1 Å². The lowest BCUT2D eigenvalue weighted by molar-refractivity contribution is -0.116. The zero-order valence-corrected chi connectivity index (χ0v) is 21.0. The smallest absolute Gasteiger partial charge is 0.264 e. The van der Waals surface area contributed by atoms with Crippen molar-refractivity contribution >= 4 is 21.7 Å². The van der Waals surface area contributed by atoms with Crippen LogP contribution in [-0.2, 0) is 38.5 Å². The van der Waals surface area contributed by atoms with Crippen LogP contribution in [0.15, 0.2) is 66.7 Å². The van der Waals surface area contributed by atoms with Crippen molar-refractivity contribution in [3.05, 3.63) is 94.8 Å². The van der Waals surface area contributed by atoms with Gasteiger partial charge in [-0.25, -0.2) is 4.39 Å². The first-order chi connectivity index (χ1) is 16.7. The van der Waals surface area contributed by atoms with Gasteiger partial charge in [0.05, 0.1) is 18.5 Å². The fraction of sp³-hybridized carbons (Fsp3) is 0.296. The number of anilines is 1. The van der Waals surface area contributed by atoms with Gasteiger partial charge in [-0.05, 0) is 47.7 Å². The highest BCUT2D eigenvalue weighted by molar-refractivity contribution is 7.85. The number of rotatable bonds is 11. The zero-order valence-electron chi connectivity index (χ0n) is 20.2. The summed E-state index contributed by atoms with van der Waals surface area (Å²) in [5.74, 6) is -0.162. The maximum absolute atomic E-state index is 14.3. The van der Waals surface area contributed by atoms with Crippen LogP contribution in [0.1, 0.15) is 36.1 Å². The molecule has 3 aromatic rings. The monoisotopic (exact) mass is 499 g/mol. The first kappa shape index (κ1) is 26.4. The van der Waals surface area contributed by atoms with E-state index in [4.69, 9.17) is 8.92 Å². The molecule has 0 aliphatic carbocycles. The number of hydrogen-bond donors (Lipinski definition) is 0. The summed E-state index contributed by atoms with van der Waals surface area (Å²) in [4.78, 5) is 14.3. The van der Waals surface area contributed by atoms with Gasteiger partial charge in [0, 0.05) is 12.5 Å². The quantitative estimate of drug-likeness (QED) is 0.278. The molecule has 6 nitrogen and oxygen atoms in total. The molecule has 0 aliphatic heterocycles. The van der Waals surface area contributed by atoms with E-state index in [1.165, 1.54) is 24.0 Å². The minimum atomic E-state index is -3.57. The standard InChI is InChI=1S/C27H30FNO5S/c1-4-21-10-13-27(33-14-15-34-35(3,31)32)24(16-21)19-29(20(2)30)26-18-25(28)12-11-23(26)17-22-8-6-5-7-9-22/h5-13,16,18H,4,14-15,17,19H2,1-3H3. The summed E-state index contributed by atoms with van der Waals surface area (Å²) in [7, 11) is -3.57. The molecule has 0 fully saturated rings. The van der Waals surface area contributed by atoms with Crippen LogP contribution >= 0.6 is 0 Å². The molecule has 0 unspecified atom stereocenters. The Morgan fingerprint density at radius 3 is 2.34 bits per heavy atom. The fourth-order valence-corrected chi connectivity index (χ4v) is 4.11. The van der Waals surface area contributed by atoms with Crippen molar-refractivity contribution in [2.24, 2.45) is 0 Å². The largest absolute Gasteiger partial charge is 0.491 e. The maximum Gasteiger partial charge on any atom is 0.264 e. The van der Waals surface area contributed by atoms with E-state index in [-0.39, 0.29) is 25.7 Å². The van der Waals surface area contributed by atoms with Crippen LogP contribution in [0.3, 0.4) is 0 Å². The summed E-state index contributed by atoms with van der Waals surface area (Å²) in [6.07, 6.45) is 2.30. The number of carbonyl (C=O) groups is 1. The van der Waals surface area contributed by atoms with Crippen molar-refractivity contribution in [1.82, 2.24) is 0 Å². The number of carbonyl (C=O) groups excluding carboxylic acids is 1. The van der Waals surface area contributed by atoms with Crippen molar-refractivity contribution in [3.8, 4) is 5.75 Å². The van der Waals surface area contributed by atoms with Gasteiger partial charge in [-0.1, -0.05) is 55.5 Å². The molecule has 3 aromatic carbocycles. The molecule has 0 saturated heterocycles. The van der Waals surface area contributed by atoms with Crippen LogP contribution in [0.4, 0.5) is 10.1 Å². The SMILES string of the molecule is CCc1ccc(OCCOS(C)(=O)=O)c(CN(C(C)=O)c2cc(F)ccc2Cc2ccccc2)c1. The van der Waals surface area contributed by atoms with Gasteiger partial charge in [0.2, 0.25) is 5.91 Å². The molecule has 1 amide bonds. The number of amides is 1. The first-order valence-corrected chi connectivity index (χ1v) is 13.2. The highest BCUT2D eigenvalue weighted by Crippen LogP contribution is 2.29. The van der Waals surface area contributed by atoms with Gasteiger partial charge >= 0.3 is 0 Å². The molecule has 0 heterocycles. The van der Waals surface area contributed by atoms with E-state index in [0.29, 0.717) is 17.9 Å². The Kier molecular flexibility index (Phi) is 9.01. The summed E-state index contributed by atoms with van der Waals surface area (Å²) in [5, 5.41) is 0. The van der Waals surface area contributed by atoms with Crippen LogP contribution in [0.5, 0.6) is 5.75 Å². The molecule has 3 rings (SSSR count). The maximum atomic E-state index is 14.3. The first-order valence-electron chi connectivity index (χ1n) is 11.4. The van der Waals surface area contributed by atoms with E-state index in [9.17, 15) is 17.6 Å². The normalized spacial score (nSPS) is 11.3. The van der Waals surface area contributed by atoms with Crippen molar-refractivity contribution < 1.29 is 26.5 Å². The Labute approximate surface area is 206 Å². The third-order valence-electron chi connectivity index (χ3n) is 5.46. The summed E-state index contributed by atoms with van der Waals surface area (Å²) in [6, 6.07) is 19.9. The van der Waals surface area contributed by atoms with Gasteiger partial charge in [-0.15, -0.1) is 0 Å². The van der Waals surface area contributed by atoms with Crippen LogP contribution in [0.25, 0.3) is 0 Å². The predicted octanol–water partition coefficient (Wildman–Crippen LogP) is 4.89. The van der Waals surface area contributed by atoms with E-state index in [1.807, 2.05) is 49.4 Å². The Hall–Kier alpha value is -3.23. The minimum Gasteiger partial charge on any atom is -0.491 e. The number of ether oxygens (including phenoxy) is 1. The van der Waals surface area contributed by atoms with E-state index in [0.717, 1.165) is 34.9 Å². The molecule has 0 bridgehead atoms. The number of benzene rings is 3. The number of hydrogen-bond acceptors (Lipinski definition) is 5. The van der Waals surface area contributed by atoms with E-state index in [2.05, 4.69) is 0 Å². The van der Waals surface area contributed by atoms with Crippen molar-refractivity contribution in [1.29, 1.82) is 0 Å². The Morgan fingerprint density at radius 1 is 0.943 bits per heavy atom. The molecule has 0 saturated carbocycles. The topological polar surface area (TPSA) is 72.9 Å². The second kappa shape index (κ2) is 12.0. The van der Waals surface area contributed by atoms with Crippen LogP contribution in [0, 0.1) is 5.82 Å². The Morgan fingerprint density at radius 2 is 1.69 bits per heavy atom. The molecule has 0 spiro atoms. The second-order valence-corrected chi connectivity index (χ2v) is 9.85. The number of aryl methyl sites for hydroxylation is 1. The molecular weight excluding hydrogens is 469 g/mol. The van der Waals surface area contributed by atoms with E-state index < -0.39 is 15.9 Å². The summed E-state index contributed by atoms with van der Waals surface area (Å²) >= 11 is 0. The van der Waals surface area contributed by atoms with Crippen molar-refractivity contribution in [3.63, 3.8) is 0 Å². The van der Waals surface area contributed by atoms with Crippen LogP contribution in [0.2, 0.25) is 0 Å². The third-order valence-corrected chi connectivity index (χ3v) is 6.05. The summed E-state index contributed by atoms with van der Waals surface area (Å²) < 4.78 is 47.3. The van der Waals surface area contributed by atoms with Crippen molar-refractivity contribution in [2.75, 3.05) is 24.4 Å². The van der Waals surface area contributed by atoms with Gasteiger partial charge in [0.1, 0.15) is 24.8 Å². The highest BCUT2D eigenvalue weighted by atomic mass is 32.2. The second-order valence-electron chi connectivity index (χ2n) is 8.21. The lowest BCUT2D eigenvalue weighted by Crippen LogP contribution is -2.29. The molecule has 0 aliphatic rings. The lowest BCUT2D eigenvalue weighted by atomic mass is 10.0. The molecule has 0 atom stereocenters. The van der Waals surface area contributed by atoms with Crippen LogP contribution in [-0.4, -0.2) is 33.8 Å². The number of nitrogens with zero attached hydrogens (tertiary/aromatic N) is 1. The predicted molar refractivity (Wildman–Crippen MR) is 135 cm³/mol. The molecular formula is C27H30FNO5S. The molecule has 0 aromatic heterocycles. The molecule has 0 radical (unpaired) electrons. The van der Waals surface area contributed by atoms with E-state index >= 15 is 0 Å².